The molecule has 1 aliphatic carbocycles. The van der Waals surface area contributed by atoms with Crippen LogP contribution in [0.15, 0.2) is 18.3 Å². The van der Waals surface area contributed by atoms with Crippen LogP contribution in [0.1, 0.15) is 38.2 Å². The Morgan fingerprint density at radius 2 is 2.14 bits per heavy atom. The van der Waals surface area contributed by atoms with E-state index >= 15 is 0 Å². The Kier molecular flexibility index (Phi) is 5.39. The van der Waals surface area contributed by atoms with E-state index in [2.05, 4.69) is 10.3 Å². The maximum Gasteiger partial charge on any atom is 0.238 e. The fraction of sp³-hybridized carbons (Fsp3) is 0.600. The number of hydrogen-bond acceptors (Lipinski definition) is 5. The number of aromatic nitrogens is 1. The first-order valence-corrected chi connectivity index (χ1v) is 9.40. The molecule has 0 radical (unpaired) electrons. The molecule has 1 aromatic rings. The number of amides is 1. The van der Waals surface area contributed by atoms with E-state index in [1.807, 2.05) is 0 Å². The minimum absolute atomic E-state index is 0.225. The molecule has 6 nitrogen and oxygen atoms in total. The number of carbonyl (C=O) groups excluding carboxylic acids is 1. The third-order valence-electron chi connectivity index (χ3n) is 3.87. The third-order valence-corrected chi connectivity index (χ3v) is 5.37. The number of nitrogens with zero attached hydrogens (tertiary/aromatic N) is 1. The summed E-state index contributed by atoms with van der Waals surface area (Å²) < 4.78 is 28.5. The van der Waals surface area contributed by atoms with Crippen molar-refractivity contribution in [3.05, 3.63) is 23.9 Å². The topological polar surface area (TPSA) is 85.4 Å². The van der Waals surface area contributed by atoms with Gasteiger partial charge in [-0.3, -0.25) is 4.79 Å². The van der Waals surface area contributed by atoms with Gasteiger partial charge in [0.05, 0.1) is 0 Å². The standard InChI is InChI=1S/C15H22N2O4S/c1-11(22(2,19)20)15(18)17-10-12-7-8-16-14(9-12)21-13-5-3-4-6-13/h7-9,11,13H,3-6,10H2,1-2H3,(H,17,18)/t11-/m0/s1. The zero-order valence-corrected chi connectivity index (χ0v) is 13.7. The average Bonchev–Trinajstić information content (AvgIpc) is 2.96. The van der Waals surface area contributed by atoms with Crippen LogP contribution in [-0.2, 0) is 21.2 Å². The fourth-order valence-electron chi connectivity index (χ4n) is 2.33. The van der Waals surface area contributed by atoms with Crippen LogP contribution in [0.2, 0.25) is 0 Å². The smallest absolute Gasteiger partial charge is 0.238 e. The van der Waals surface area contributed by atoms with Crippen LogP contribution < -0.4 is 10.1 Å². The van der Waals surface area contributed by atoms with E-state index in [-0.39, 0.29) is 12.6 Å². The molecular formula is C15H22N2O4S. The van der Waals surface area contributed by atoms with Gasteiger partial charge in [-0.1, -0.05) is 0 Å². The van der Waals surface area contributed by atoms with Gasteiger partial charge in [0, 0.05) is 25.1 Å². The van der Waals surface area contributed by atoms with Gasteiger partial charge in [0.15, 0.2) is 9.84 Å². The van der Waals surface area contributed by atoms with Gasteiger partial charge in [-0.25, -0.2) is 13.4 Å². The SMILES string of the molecule is C[C@@H](C(=O)NCc1ccnc(OC2CCCC2)c1)S(C)(=O)=O. The second-order valence-electron chi connectivity index (χ2n) is 5.72. The highest BCUT2D eigenvalue weighted by molar-refractivity contribution is 7.92. The maximum atomic E-state index is 11.8. The predicted octanol–water partition coefficient (Wildman–Crippen LogP) is 1.45. The van der Waals surface area contributed by atoms with Crippen molar-refractivity contribution in [3.8, 4) is 5.88 Å². The summed E-state index contributed by atoms with van der Waals surface area (Å²) in [6, 6.07) is 3.55. The summed E-state index contributed by atoms with van der Waals surface area (Å²) in [5, 5.41) is 1.57. The molecule has 22 heavy (non-hydrogen) atoms. The van der Waals surface area contributed by atoms with Gasteiger partial charge >= 0.3 is 0 Å². The van der Waals surface area contributed by atoms with E-state index in [4.69, 9.17) is 4.74 Å². The number of rotatable bonds is 6. The lowest BCUT2D eigenvalue weighted by Crippen LogP contribution is -2.37. The summed E-state index contributed by atoms with van der Waals surface area (Å²) in [4.78, 5) is 16.0. The molecule has 1 atom stereocenters. The zero-order valence-electron chi connectivity index (χ0n) is 12.9. The van der Waals surface area contributed by atoms with E-state index < -0.39 is 21.0 Å². The Hall–Kier alpha value is -1.63. The van der Waals surface area contributed by atoms with Crippen molar-refractivity contribution in [2.24, 2.45) is 0 Å². The van der Waals surface area contributed by atoms with Crippen molar-refractivity contribution in [1.82, 2.24) is 10.3 Å². The molecule has 0 unspecified atom stereocenters. The first kappa shape index (κ1) is 16.7. The molecule has 1 saturated carbocycles. The van der Waals surface area contributed by atoms with Crippen LogP contribution >= 0.6 is 0 Å². The van der Waals surface area contributed by atoms with Crippen molar-refractivity contribution < 1.29 is 17.9 Å². The van der Waals surface area contributed by atoms with Crippen molar-refractivity contribution in [2.45, 2.75) is 50.5 Å². The summed E-state index contributed by atoms with van der Waals surface area (Å²) in [6.07, 6.45) is 7.38. The summed E-state index contributed by atoms with van der Waals surface area (Å²) >= 11 is 0. The normalized spacial score (nSPS) is 17.2. The fourth-order valence-corrected chi connectivity index (χ4v) is 2.80. The Morgan fingerprint density at radius 1 is 1.45 bits per heavy atom. The highest BCUT2D eigenvalue weighted by Gasteiger charge is 2.23. The zero-order chi connectivity index (χ0) is 16.2. The van der Waals surface area contributed by atoms with Crippen molar-refractivity contribution in [2.75, 3.05) is 6.26 Å². The Balaban J connectivity index is 1.91. The second-order valence-corrected chi connectivity index (χ2v) is 8.08. The number of hydrogen-bond donors (Lipinski definition) is 1. The first-order chi connectivity index (χ1) is 10.4. The molecule has 0 aliphatic heterocycles. The lowest BCUT2D eigenvalue weighted by molar-refractivity contribution is -0.120. The van der Waals surface area contributed by atoms with Gasteiger partial charge in [0.25, 0.3) is 0 Å². The summed E-state index contributed by atoms with van der Waals surface area (Å²) in [7, 11) is -3.38. The van der Waals surface area contributed by atoms with E-state index in [1.165, 1.54) is 19.8 Å². The molecule has 1 amide bonds. The second kappa shape index (κ2) is 7.09. The van der Waals surface area contributed by atoms with E-state index in [0.717, 1.165) is 24.7 Å². The Labute approximate surface area is 131 Å². The quantitative estimate of drug-likeness (QED) is 0.855. The first-order valence-electron chi connectivity index (χ1n) is 7.44. The van der Waals surface area contributed by atoms with E-state index in [1.54, 1.807) is 18.3 Å². The number of carbonyl (C=O) groups is 1. The minimum Gasteiger partial charge on any atom is -0.474 e. The number of nitrogens with one attached hydrogen (secondary N) is 1. The summed E-state index contributed by atoms with van der Waals surface area (Å²) in [6.45, 7) is 1.63. The molecule has 7 heteroatoms. The lowest BCUT2D eigenvalue weighted by atomic mass is 10.2. The largest absolute Gasteiger partial charge is 0.474 e. The van der Waals surface area contributed by atoms with Crippen LogP contribution in [0.4, 0.5) is 0 Å². The molecule has 0 aromatic carbocycles. The van der Waals surface area contributed by atoms with Crippen LogP contribution in [-0.4, -0.2) is 36.9 Å². The van der Waals surface area contributed by atoms with Gasteiger partial charge in [-0.15, -0.1) is 0 Å². The lowest BCUT2D eigenvalue weighted by Gasteiger charge is -2.13. The Morgan fingerprint density at radius 3 is 2.77 bits per heavy atom. The minimum atomic E-state index is -3.38. The average molecular weight is 326 g/mol. The number of sulfone groups is 1. The van der Waals surface area contributed by atoms with Gasteiger partial charge in [-0.05, 0) is 44.2 Å². The molecule has 1 fully saturated rings. The van der Waals surface area contributed by atoms with Crippen LogP contribution in [0.3, 0.4) is 0 Å². The van der Waals surface area contributed by atoms with Crippen molar-refractivity contribution in [3.63, 3.8) is 0 Å². The predicted molar refractivity (Wildman–Crippen MR) is 83.3 cm³/mol. The summed E-state index contributed by atoms with van der Waals surface area (Å²) in [5.41, 5.74) is 0.831. The highest BCUT2D eigenvalue weighted by atomic mass is 32.2. The van der Waals surface area contributed by atoms with Crippen molar-refractivity contribution >= 4 is 15.7 Å². The molecule has 122 valence electrons. The van der Waals surface area contributed by atoms with E-state index in [0.29, 0.717) is 5.88 Å². The van der Waals surface area contributed by atoms with Crippen molar-refractivity contribution in [1.29, 1.82) is 0 Å². The van der Waals surface area contributed by atoms with E-state index in [9.17, 15) is 13.2 Å². The molecule has 0 spiro atoms. The molecule has 1 N–H and O–H groups in total. The molecule has 0 saturated heterocycles. The van der Waals surface area contributed by atoms with Gasteiger partial charge in [0.2, 0.25) is 11.8 Å². The summed E-state index contributed by atoms with van der Waals surface area (Å²) in [5.74, 6) is 0.0485. The molecule has 1 aromatic heterocycles. The van der Waals surface area contributed by atoms with Crippen LogP contribution in [0.5, 0.6) is 5.88 Å². The maximum absolute atomic E-state index is 11.8. The highest BCUT2D eigenvalue weighted by Crippen LogP contribution is 2.23. The monoisotopic (exact) mass is 326 g/mol. The van der Waals surface area contributed by atoms with Gasteiger partial charge in [0.1, 0.15) is 11.4 Å². The van der Waals surface area contributed by atoms with Crippen LogP contribution in [0.25, 0.3) is 0 Å². The third kappa shape index (κ3) is 4.69. The Bertz CT molecular complexity index is 624. The molecule has 2 rings (SSSR count). The molecule has 1 heterocycles. The van der Waals surface area contributed by atoms with Crippen LogP contribution in [0, 0.1) is 0 Å². The molecule has 1 aliphatic rings. The van der Waals surface area contributed by atoms with Gasteiger partial charge < -0.3 is 10.1 Å². The molecule has 0 bridgehead atoms. The van der Waals surface area contributed by atoms with Gasteiger partial charge in [-0.2, -0.15) is 0 Å². The molecular weight excluding hydrogens is 304 g/mol. The number of pyridine rings is 1. The number of ether oxygens (including phenoxy) is 1.